The Balaban J connectivity index is 1.86. The van der Waals surface area contributed by atoms with Crippen molar-refractivity contribution in [1.29, 1.82) is 0 Å². The monoisotopic (exact) mass is 465 g/mol. The van der Waals surface area contributed by atoms with Crippen molar-refractivity contribution in [3.05, 3.63) is 65.3 Å². The second kappa shape index (κ2) is 8.84. The van der Waals surface area contributed by atoms with Crippen LogP contribution in [0, 0.1) is 5.82 Å². The topological polar surface area (TPSA) is 122 Å². The maximum atomic E-state index is 14.5. The Morgan fingerprint density at radius 3 is 2.55 bits per heavy atom. The smallest absolute Gasteiger partial charge is 0.269 e. The standard InChI is InChI=1S/C19H17ClFN5O4S/c1-11(27)23-15-5-3-4-6-17(15)31(29,30)25-24-19(28)13-7-12(8-14(20)18(13)21)16-9-26(2)10-22-16/h3-10,25H,1-2H3,(H,23,27)(H,24,28). The summed E-state index contributed by atoms with van der Waals surface area (Å²) in [6.07, 6.45) is 3.17. The Hall–Kier alpha value is -3.28. The Morgan fingerprint density at radius 2 is 1.90 bits per heavy atom. The predicted molar refractivity (Wildman–Crippen MR) is 112 cm³/mol. The number of nitrogens with one attached hydrogen (secondary N) is 3. The van der Waals surface area contributed by atoms with Gasteiger partial charge in [-0.1, -0.05) is 23.7 Å². The van der Waals surface area contributed by atoms with Gasteiger partial charge in [0, 0.05) is 25.7 Å². The molecule has 9 nitrogen and oxygen atoms in total. The molecule has 0 radical (unpaired) electrons. The van der Waals surface area contributed by atoms with E-state index in [1.54, 1.807) is 17.8 Å². The number of aromatic nitrogens is 2. The number of rotatable bonds is 6. The molecule has 0 saturated carbocycles. The molecule has 3 rings (SSSR count). The Labute approximate surface area is 182 Å². The molecule has 0 bridgehead atoms. The molecular formula is C19H17ClFN5O4S. The van der Waals surface area contributed by atoms with Crippen LogP contribution in [0.1, 0.15) is 17.3 Å². The molecule has 0 fully saturated rings. The maximum Gasteiger partial charge on any atom is 0.269 e. The highest BCUT2D eigenvalue weighted by molar-refractivity contribution is 7.89. The number of para-hydroxylation sites is 1. The highest BCUT2D eigenvalue weighted by Crippen LogP contribution is 2.27. The molecule has 0 saturated heterocycles. The normalized spacial score (nSPS) is 11.2. The number of hydrogen-bond acceptors (Lipinski definition) is 5. The summed E-state index contributed by atoms with van der Waals surface area (Å²) in [4.78, 5) is 29.5. The van der Waals surface area contributed by atoms with E-state index < -0.39 is 33.2 Å². The number of nitrogens with zero attached hydrogens (tertiary/aromatic N) is 2. The number of amides is 2. The molecule has 3 aromatic rings. The van der Waals surface area contributed by atoms with Crippen molar-refractivity contribution in [2.75, 3.05) is 5.32 Å². The van der Waals surface area contributed by atoms with Gasteiger partial charge in [0.1, 0.15) is 4.90 Å². The van der Waals surface area contributed by atoms with Gasteiger partial charge in [0.05, 0.1) is 28.3 Å². The second-order valence-electron chi connectivity index (χ2n) is 6.48. The summed E-state index contributed by atoms with van der Waals surface area (Å²) in [5.41, 5.74) is 2.31. The molecule has 0 aliphatic heterocycles. The van der Waals surface area contributed by atoms with Gasteiger partial charge in [-0.3, -0.25) is 15.0 Å². The SMILES string of the molecule is CC(=O)Nc1ccccc1S(=O)(=O)NNC(=O)c1cc(-c2cn(C)cn2)cc(Cl)c1F. The van der Waals surface area contributed by atoms with Crippen LogP contribution in [-0.2, 0) is 21.9 Å². The molecule has 0 atom stereocenters. The number of halogens is 2. The summed E-state index contributed by atoms with van der Waals surface area (Å²) >= 11 is 5.91. The zero-order valence-corrected chi connectivity index (χ0v) is 17.9. The minimum atomic E-state index is -4.29. The highest BCUT2D eigenvalue weighted by Gasteiger charge is 2.22. The van der Waals surface area contributed by atoms with E-state index in [0.29, 0.717) is 11.3 Å². The number of imidazole rings is 1. The molecule has 31 heavy (non-hydrogen) atoms. The number of sulfonamides is 1. The Kier molecular flexibility index (Phi) is 6.39. The molecule has 0 unspecified atom stereocenters. The molecule has 2 aromatic carbocycles. The molecule has 1 aromatic heterocycles. The van der Waals surface area contributed by atoms with Gasteiger partial charge in [0.2, 0.25) is 5.91 Å². The van der Waals surface area contributed by atoms with Gasteiger partial charge in [0.15, 0.2) is 5.82 Å². The van der Waals surface area contributed by atoms with E-state index in [9.17, 15) is 22.4 Å². The Morgan fingerprint density at radius 1 is 1.19 bits per heavy atom. The number of hydrogen-bond donors (Lipinski definition) is 3. The lowest BCUT2D eigenvalue weighted by molar-refractivity contribution is -0.114. The first-order chi connectivity index (χ1) is 14.6. The van der Waals surface area contributed by atoms with Crippen molar-refractivity contribution in [1.82, 2.24) is 19.8 Å². The average molecular weight is 466 g/mol. The van der Waals surface area contributed by atoms with Crippen molar-refractivity contribution < 1.29 is 22.4 Å². The fraction of sp³-hybridized carbons (Fsp3) is 0.105. The molecule has 1 heterocycles. The van der Waals surface area contributed by atoms with Gasteiger partial charge in [-0.2, -0.15) is 0 Å². The highest BCUT2D eigenvalue weighted by atomic mass is 35.5. The van der Waals surface area contributed by atoms with Crippen molar-refractivity contribution in [3.8, 4) is 11.3 Å². The van der Waals surface area contributed by atoms with E-state index in [1.807, 2.05) is 10.3 Å². The minimum Gasteiger partial charge on any atom is -0.340 e. The van der Waals surface area contributed by atoms with Crippen molar-refractivity contribution >= 4 is 39.1 Å². The van der Waals surface area contributed by atoms with Crippen molar-refractivity contribution in [3.63, 3.8) is 0 Å². The van der Waals surface area contributed by atoms with E-state index in [-0.39, 0.29) is 15.6 Å². The number of carbonyl (C=O) groups excluding carboxylic acids is 2. The van der Waals surface area contributed by atoms with Crippen molar-refractivity contribution in [2.45, 2.75) is 11.8 Å². The number of aryl methyl sites for hydroxylation is 1. The van der Waals surface area contributed by atoms with Crippen molar-refractivity contribution in [2.24, 2.45) is 7.05 Å². The van der Waals surface area contributed by atoms with Crippen LogP contribution in [0.15, 0.2) is 53.8 Å². The van der Waals surface area contributed by atoms with Gasteiger partial charge in [0.25, 0.3) is 15.9 Å². The molecular weight excluding hydrogens is 449 g/mol. The van der Waals surface area contributed by atoms with Gasteiger partial charge >= 0.3 is 0 Å². The predicted octanol–water partition coefficient (Wildman–Crippen LogP) is 2.46. The molecule has 2 amide bonds. The first-order valence-electron chi connectivity index (χ1n) is 8.74. The van der Waals surface area contributed by atoms with Gasteiger partial charge in [-0.25, -0.2) is 17.8 Å². The van der Waals surface area contributed by atoms with Gasteiger partial charge < -0.3 is 9.88 Å². The van der Waals surface area contributed by atoms with Crippen LogP contribution in [0.5, 0.6) is 0 Å². The van der Waals surface area contributed by atoms with E-state index in [0.717, 1.165) is 0 Å². The third kappa shape index (κ3) is 5.08. The van der Waals surface area contributed by atoms with Crippen LogP contribution in [0.2, 0.25) is 5.02 Å². The quantitative estimate of drug-likeness (QED) is 0.483. The average Bonchev–Trinajstić information content (AvgIpc) is 3.14. The zero-order chi connectivity index (χ0) is 22.8. The fourth-order valence-corrected chi connectivity index (χ4v) is 3.92. The van der Waals surface area contributed by atoms with Gasteiger partial charge in [-0.15, -0.1) is 4.83 Å². The largest absolute Gasteiger partial charge is 0.340 e. The van der Waals surface area contributed by atoms with E-state index in [1.165, 1.54) is 49.6 Å². The molecule has 0 aliphatic rings. The number of anilines is 1. The summed E-state index contributed by atoms with van der Waals surface area (Å²) < 4.78 is 41.3. The number of benzene rings is 2. The van der Waals surface area contributed by atoms with Crippen LogP contribution in [0.3, 0.4) is 0 Å². The first-order valence-corrected chi connectivity index (χ1v) is 10.6. The van der Waals surface area contributed by atoms with E-state index in [2.05, 4.69) is 10.3 Å². The minimum absolute atomic E-state index is 0.0168. The lowest BCUT2D eigenvalue weighted by atomic mass is 10.1. The summed E-state index contributed by atoms with van der Waals surface area (Å²) in [7, 11) is -2.55. The summed E-state index contributed by atoms with van der Waals surface area (Å²) in [5, 5.41) is 2.06. The molecule has 162 valence electrons. The third-order valence-corrected chi connectivity index (χ3v) is 5.64. The van der Waals surface area contributed by atoms with Crippen LogP contribution in [-0.4, -0.2) is 29.8 Å². The molecule has 12 heteroatoms. The molecule has 0 aliphatic carbocycles. The fourth-order valence-electron chi connectivity index (χ4n) is 2.69. The van der Waals surface area contributed by atoms with E-state index >= 15 is 0 Å². The lowest BCUT2D eigenvalue weighted by Crippen LogP contribution is -2.42. The van der Waals surface area contributed by atoms with Crippen LogP contribution >= 0.6 is 11.6 Å². The Bertz CT molecular complexity index is 1280. The lowest BCUT2D eigenvalue weighted by Gasteiger charge is -2.13. The van der Waals surface area contributed by atoms with Crippen LogP contribution in [0.25, 0.3) is 11.3 Å². The van der Waals surface area contributed by atoms with Gasteiger partial charge in [-0.05, 0) is 24.3 Å². The third-order valence-electron chi connectivity index (χ3n) is 4.06. The van der Waals surface area contributed by atoms with Crippen LogP contribution in [0.4, 0.5) is 10.1 Å². The summed E-state index contributed by atoms with van der Waals surface area (Å²) in [6.45, 7) is 1.22. The summed E-state index contributed by atoms with van der Waals surface area (Å²) in [5.74, 6) is -2.57. The number of hydrazine groups is 1. The number of carbonyl (C=O) groups is 2. The first kappa shape index (κ1) is 22.4. The maximum absolute atomic E-state index is 14.5. The molecule has 0 spiro atoms. The zero-order valence-electron chi connectivity index (χ0n) is 16.3. The molecule has 3 N–H and O–H groups in total. The summed E-state index contributed by atoms with van der Waals surface area (Å²) in [6, 6.07) is 8.11. The second-order valence-corrected chi connectivity index (χ2v) is 8.54. The van der Waals surface area contributed by atoms with E-state index in [4.69, 9.17) is 11.6 Å². The van der Waals surface area contributed by atoms with Crippen LogP contribution < -0.4 is 15.6 Å².